The topological polar surface area (TPSA) is 15.3 Å². The van der Waals surface area contributed by atoms with Crippen LogP contribution in [0.15, 0.2) is 28.7 Å². The highest BCUT2D eigenvalue weighted by Gasteiger charge is 2.40. The van der Waals surface area contributed by atoms with Gasteiger partial charge in [0.2, 0.25) is 0 Å². The molecule has 110 valence electrons. The monoisotopic (exact) mass is 336 g/mol. The van der Waals surface area contributed by atoms with E-state index in [9.17, 15) is 0 Å². The lowest BCUT2D eigenvalue weighted by molar-refractivity contribution is 0.109. The zero-order valence-electron chi connectivity index (χ0n) is 12.3. The number of fused-ring (bicyclic) bond motifs is 2. The van der Waals surface area contributed by atoms with E-state index in [4.69, 9.17) is 0 Å². The van der Waals surface area contributed by atoms with Crippen LogP contribution in [-0.4, -0.2) is 29.6 Å². The summed E-state index contributed by atoms with van der Waals surface area (Å²) in [5.74, 6) is 0. The summed E-state index contributed by atoms with van der Waals surface area (Å²) in [6, 6.07) is 11.2. The van der Waals surface area contributed by atoms with E-state index in [0.717, 1.165) is 24.7 Å². The van der Waals surface area contributed by atoms with E-state index in [2.05, 4.69) is 57.3 Å². The summed E-state index contributed by atoms with van der Waals surface area (Å²) in [5.41, 5.74) is 1.45. The zero-order chi connectivity index (χ0) is 13.9. The number of nitrogens with zero attached hydrogens (tertiary/aromatic N) is 1. The van der Waals surface area contributed by atoms with Crippen LogP contribution in [0.5, 0.6) is 0 Å². The van der Waals surface area contributed by atoms with Gasteiger partial charge in [0.25, 0.3) is 0 Å². The van der Waals surface area contributed by atoms with Gasteiger partial charge in [-0.2, -0.15) is 0 Å². The molecule has 1 N–H and O–H groups in total. The smallest absolute Gasteiger partial charge is 0.0239 e. The minimum Gasteiger partial charge on any atom is -0.314 e. The van der Waals surface area contributed by atoms with E-state index in [1.54, 1.807) is 0 Å². The van der Waals surface area contributed by atoms with Crippen molar-refractivity contribution in [2.75, 3.05) is 6.54 Å². The van der Waals surface area contributed by atoms with Crippen LogP contribution in [0, 0.1) is 0 Å². The molecule has 2 aliphatic heterocycles. The summed E-state index contributed by atoms with van der Waals surface area (Å²) in [7, 11) is 0. The summed E-state index contributed by atoms with van der Waals surface area (Å²) in [6.45, 7) is 4.56. The number of piperidine rings is 1. The van der Waals surface area contributed by atoms with Gasteiger partial charge in [0, 0.05) is 29.1 Å². The Morgan fingerprint density at radius 2 is 1.80 bits per heavy atom. The Hall–Kier alpha value is -0.380. The molecule has 0 spiro atoms. The maximum Gasteiger partial charge on any atom is 0.0239 e. The minimum atomic E-state index is 0.758. The van der Waals surface area contributed by atoms with Crippen molar-refractivity contribution in [3.05, 3.63) is 34.3 Å². The largest absolute Gasteiger partial charge is 0.314 e. The molecule has 2 nitrogen and oxygen atoms in total. The molecule has 2 unspecified atom stereocenters. The van der Waals surface area contributed by atoms with Gasteiger partial charge in [0.05, 0.1) is 0 Å². The number of rotatable bonds is 5. The van der Waals surface area contributed by atoms with Crippen molar-refractivity contribution >= 4 is 15.9 Å². The molecule has 2 atom stereocenters. The first-order valence-corrected chi connectivity index (χ1v) is 8.79. The second-order valence-electron chi connectivity index (χ2n) is 6.31. The maximum atomic E-state index is 3.73. The van der Waals surface area contributed by atoms with Gasteiger partial charge in [-0.1, -0.05) is 35.0 Å². The van der Waals surface area contributed by atoms with Gasteiger partial charge >= 0.3 is 0 Å². The predicted molar refractivity (Wildman–Crippen MR) is 87.8 cm³/mol. The molecule has 1 aromatic rings. The molecule has 0 amide bonds. The molecule has 2 bridgehead atoms. The molecule has 2 saturated heterocycles. The SMILES string of the molecule is CCCNC1CC2CCC(C1)N2Cc1ccc(Br)cc1. The molecular formula is C17H25BrN2. The Balaban J connectivity index is 1.60. The van der Waals surface area contributed by atoms with Gasteiger partial charge in [-0.25, -0.2) is 0 Å². The number of hydrogen-bond donors (Lipinski definition) is 1. The van der Waals surface area contributed by atoms with Crippen LogP contribution in [0.3, 0.4) is 0 Å². The highest BCUT2D eigenvalue weighted by atomic mass is 79.9. The van der Waals surface area contributed by atoms with Gasteiger partial charge in [0.15, 0.2) is 0 Å². The van der Waals surface area contributed by atoms with E-state index in [1.807, 2.05) is 0 Å². The van der Waals surface area contributed by atoms with Gasteiger partial charge < -0.3 is 5.32 Å². The van der Waals surface area contributed by atoms with Crippen LogP contribution in [-0.2, 0) is 6.54 Å². The maximum absolute atomic E-state index is 3.73. The van der Waals surface area contributed by atoms with E-state index >= 15 is 0 Å². The van der Waals surface area contributed by atoms with Crippen LogP contribution >= 0.6 is 15.9 Å². The average molecular weight is 337 g/mol. The Labute approximate surface area is 131 Å². The molecule has 2 heterocycles. The van der Waals surface area contributed by atoms with E-state index < -0.39 is 0 Å². The molecule has 0 aromatic heterocycles. The Kier molecular flexibility index (Phi) is 4.79. The lowest BCUT2D eigenvalue weighted by Crippen LogP contribution is -2.48. The van der Waals surface area contributed by atoms with Crippen LogP contribution < -0.4 is 5.32 Å². The third-order valence-electron chi connectivity index (χ3n) is 4.85. The quantitative estimate of drug-likeness (QED) is 0.875. The van der Waals surface area contributed by atoms with Crippen molar-refractivity contribution in [3.63, 3.8) is 0 Å². The van der Waals surface area contributed by atoms with Crippen LogP contribution in [0.4, 0.5) is 0 Å². The minimum absolute atomic E-state index is 0.758. The number of hydrogen-bond acceptors (Lipinski definition) is 2. The fourth-order valence-corrected chi connectivity index (χ4v) is 4.11. The number of nitrogens with one attached hydrogen (secondary N) is 1. The summed E-state index contributed by atoms with van der Waals surface area (Å²) >= 11 is 3.52. The van der Waals surface area contributed by atoms with E-state index in [-0.39, 0.29) is 0 Å². The van der Waals surface area contributed by atoms with Gasteiger partial charge in [-0.3, -0.25) is 4.90 Å². The standard InChI is InChI=1S/C17H25BrN2/c1-2-9-19-15-10-16-7-8-17(11-15)20(16)12-13-3-5-14(18)6-4-13/h3-6,15-17,19H,2,7-12H2,1H3. The van der Waals surface area contributed by atoms with Gasteiger partial charge in [-0.05, 0) is 56.3 Å². The Morgan fingerprint density at radius 1 is 1.15 bits per heavy atom. The second kappa shape index (κ2) is 6.59. The molecule has 3 rings (SSSR count). The highest BCUT2D eigenvalue weighted by molar-refractivity contribution is 9.10. The molecule has 0 saturated carbocycles. The summed E-state index contributed by atoms with van der Waals surface area (Å²) in [6.07, 6.45) is 6.71. The van der Waals surface area contributed by atoms with E-state index in [1.165, 1.54) is 48.7 Å². The van der Waals surface area contributed by atoms with Crippen molar-refractivity contribution in [2.24, 2.45) is 0 Å². The molecule has 0 aliphatic carbocycles. The molecule has 0 radical (unpaired) electrons. The fraction of sp³-hybridized carbons (Fsp3) is 0.647. The molecule has 3 heteroatoms. The van der Waals surface area contributed by atoms with Crippen LogP contribution in [0.1, 0.15) is 44.6 Å². The van der Waals surface area contributed by atoms with Crippen molar-refractivity contribution in [3.8, 4) is 0 Å². The number of halogens is 1. The molecule has 2 fully saturated rings. The highest BCUT2D eigenvalue weighted by Crippen LogP contribution is 2.36. The van der Waals surface area contributed by atoms with Crippen molar-refractivity contribution < 1.29 is 0 Å². The van der Waals surface area contributed by atoms with Crippen molar-refractivity contribution in [2.45, 2.75) is 63.7 Å². The summed E-state index contributed by atoms with van der Waals surface area (Å²) in [5, 5.41) is 3.73. The average Bonchev–Trinajstić information content (AvgIpc) is 2.70. The first-order chi connectivity index (χ1) is 9.76. The molecule has 20 heavy (non-hydrogen) atoms. The van der Waals surface area contributed by atoms with Gasteiger partial charge in [0.1, 0.15) is 0 Å². The van der Waals surface area contributed by atoms with E-state index in [0.29, 0.717) is 0 Å². The molecule has 1 aromatic carbocycles. The second-order valence-corrected chi connectivity index (χ2v) is 7.22. The Bertz CT molecular complexity index is 417. The van der Waals surface area contributed by atoms with Crippen molar-refractivity contribution in [1.29, 1.82) is 0 Å². The van der Waals surface area contributed by atoms with Crippen LogP contribution in [0.2, 0.25) is 0 Å². The summed E-state index contributed by atoms with van der Waals surface area (Å²) in [4.78, 5) is 2.76. The third kappa shape index (κ3) is 3.26. The number of benzene rings is 1. The first-order valence-electron chi connectivity index (χ1n) is 8.00. The third-order valence-corrected chi connectivity index (χ3v) is 5.37. The van der Waals surface area contributed by atoms with Crippen molar-refractivity contribution in [1.82, 2.24) is 10.2 Å². The van der Waals surface area contributed by atoms with Gasteiger partial charge in [-0.15, -0.1) is 0 Å². The predicted octanol–water partition coefficient (Wildman–Crippen LogP) is 3.94. The zero-order valence-corrected chi connectivity index (χ0v) is 13.9. The molecular weight excluding hydrogens is 312 g/mol. The Morgan fingerprint density at radius 3 is 2.40 bits per heavy atom. The molecule has 2 aliphatic rings. The lowest BCUT2D eigenvalue weighted by atomic mass is 9.96. The summed E-state index contributed by atoms with van der Waals surface area (Å²) < 4.78 is 1.17. The fourth-order valence-electron chi connectivity index (χ4n) is 3.85. The lowest BCUT2D eigenvalue weighted by Gasteiger charge is -2.39. The first kappa shape index (κ1) is 14.6. The van der Waals surface area contributed by atoms with Crippen LogP contribution in [0.25, 0.3) is 0 Å². The normalized spacial score (nSPS) is 29.8.